The number of aliphatic hydroxyl groups excluding tert-OH is 1. The van der Waals surface area contributed by atoms with Gasteiger partial charge in [-0.2, -0.15) is 0 Å². The molecule has 4 rings (SSSR count). The molecular weight excluding hydrogens is 352 g/mol. The summed E-state index contributed by atoms with van der Waals surface area (Å²) in [6.45, 7) is 16.7. The van der Waals surface area contributed by atoms with Crippen LogP contribution in [0.4, 0.5) is 0 Å². The molecular formula is C28H46O. The highest BCUT2D eigenvalue weighted by atomic mass is 16.3. The van der Waals surface area contributed by atoms with Gasteiger partial charge in [-0.25, -0.2) is 0 Å². The van der Waals surface area contributed by atoms with E-state index in [1.54, 1.807) is 5.57 Å². The van der Waals surface area contributed by atoms with Gasteiger partial charge in [0.15, 0.2) is 0 Å². The van der Waals surface area contributed by atoms with Gasteiger partial charge in [0.25, 0.3) is 0 Å². The van der Waals surface area contributed by atoms with Crippen molar-refractivity contribution in [2.45, 2.75) is 105 Å². The van der Waals surface area contributed by atoms with Crippen LogP contribution in [0.25, 0.3) is 0 Å². The first-order valence-electron chi connectivity index (χ1n) is 12.7. The summed E-state index contributed by atoms with van der Waals surface area (Å²) >= 11 is 0. The minimum atomic E-state index is -0.0861. The van der Waals surface area contributed by atoms with E-state index < -0.39 is 0 Å². The molecule has 0 radical (unpaired) electrons. The third-order valence-corrected chi connectivity index (χ3v) is 10.6. The van der Waals surface area contributed by atoms with E-state index in [0.717, 1.165) is 42.4 Å². The summed E-state index contributed by atoms with van der Waals surface area (Å²) in [5, 5.41) is 10.2. The van der Waals surface area contributed by atoms with Crippen LogP contribution in [-0.4, -0.2) is 11.2 Å². The number of rotatable bonds is 5. The van der Waals surface area contributed by atoms with Crippen molar-refractivity contribution in [3.05, 3.63) is 23.8 Å². The van der Waals surface area contributed by atoms with Gasteiger partial charge in [0.05, 0.1) is 6.10 Å². The first-order valence-corrected chi connectivity index (χ1v) is 12.7. The first kappa shape index (κ1) is 21.7. The molecule has 3 fully saturated rings. The summed E-state index contributed by atoms with van der Waals surface area (Å²) in [6.07, 6.45) is 15.3. The average molecular weight is 399 g/mol. The van der Waals surface area contributed by atoms with Gasteiger partial charge < -0.3 is 5.11 Å². The molecule has 8 atom stereocenters. The second-order valence-corrected chi connectivity index (χ2v) is 12.2. The van der Waals surface area contributed by atoms with Crippen LogP contribution in [0, 0.1) is 46.3 Å². The minimum absolute atomic E-state index is 0.0861. The van der Waals surface area contributed by atoms with E-state index in [9.17, 15) is 5.11 Å². The minimum Gasteiger partial charge on any atom is -0.393 e. The molecule has 4 aliphatic carbocycles. The number of hydrogen-bond donors (Lipinski definition) is 1. The Morgan fingerprint density at radius 2 is 1.86 bits per heavy atom. The summed E-state index contributed by atoms with van der Waals surface area (Å²) in [6, 6.07) is 0. The van der Waals surface area contributed by atoms with Crippen molar-refractivity contribution in [2.75, 3.05) is 0 Å². The fraction of sp³-hybridized carbons (Fsp3) is 0.857. The molecule has 0 aliphatic heterocycles. The van der Waals surface area contributed by atoms with Gasteiger partial charge in [0, 0.05) is 0 Å². The second kappa shape index (κ2) is 7.85. The molecule has 0 amide bonds. The van der Waals surface area contributed by atoms with E-state index in [0.29, 0.717) is 16.7 Å². The Morgan fingerprint density at radius 3 is 2.59 bits per heavy atom. The monoisotopic (exact) mass is 398 g/mol. The molecule has 0 bridgehead atoms. The molecule has 0 aromatic rings. The largest absolute Gasteiger partial charge is 0.393 e. The zero-order chi connectivity index (χ0) is 21.0. The van der Waals surface area contributed by atoms with Crippen molar-refractivity contribution in [3.63, 3.8) is 0 Å². The molecule has 1 nitrogen and oxygen atoms in total. The molecule has 0 aromatic carbocycles. The van der Waals surface area contributed by atoms with Crippen LogP contribution in [-0.2, 0) is 0 Å². The number of hydrogen-bond acceptors (Lipinski definition) is 1. The molecule has 0 spiro atoms. The number of aliphatic hydroxyl groups is 1. The van der Waals surface area contributed by atoms with Crippen LogP contribution < -0.4 is 0 Å². The highest BCUT2D eigenvalue weighted by molar-refractivity contribution is 5.25. The van der Waals surface area contributed by atoms with Crippen LogP contribution in [0.3, 0.4) is 0 Å². The zero-order valence-corrected chi connectivity index (χ0v) is 19.8. The predicted molar refractivity (Wildman–Crippen MR) is 124 cm³/mol. The topological polar surface area (TPSA) is 20.2 Å². The average Bonchev–Trinajstić information content (AvgIpc) is 3.03. The van der Waals surface area contributed by atoms with Gasteiger partial charge >= 0.3 is 0 Å². The Labute approximate surface area is 180 Å². The van der Waals surface area contributed by atoms with Crippen molar-refractivity contribution in [1.29, 1.82) is 0 Å². The van der Waals surface area contributed by atoms with E-state index in [4.69, 9.17) is 0 Å². The molecule has 1 heteroatoms. The quantitative estimate of drug-likeness (QED) is 0.474. The maximum Gasteiger partial charge on any atom is 0.0577 e. The van der Waals surface area contributed by atoms with Crippen LogP contribution >= 0.6 is 0 Å². The molecule has 0 heterocycles. The van der Waals surface area contributed by atoms with Crippen LogP contribution in [0.2, 0.25) is 0 Å². The molecule has 29 heavy (non-hydrogen) atoms. The summed E-state index contributed by atoms with van der Waals surface area (Å²) < 4.78 is 0. The number of fused-ring (bicyclic) bond motifs is 5. The Kier molecular flexibility index (Phi) is 5.86. The lowest BCUT2D eigenvalue weighted by Gasteiger charge is -2.58. The van der Waals surface area contributed by atoms with Crippen molar-refractivity contribution in [2.24, 2.45) is 46.3 Å². The van der Waals surface area contributed by atoms with Gasteiger partial charge in [-0.15, -0.1) is 0 Å². The highest BCUT2D eigenvalue weighted by Crippen LogP contribution is 2.67. The molecule has 4 aliphatic rings. The Morgan fingerprint density at radius 1 is 1.10 bits per heavy atom. The fourth-order valence-electron chi connectivity index (χ4n) is 8.52. The van der Waals surface area contributed by atoms with E-state index in [1.165, 1.54) is 56.9 Å². The Hall–Kier alpha value is -0.560. The van der Waals surface area contributed by atoms with Crippen molar-refractivity contribution < 1.29 is 5.11 Å². The van der Waals surface area contributed by atoms with E-state index >= 15 is 0 Å². The van der Waals surface area contributed by atoms with E-state index in [2.05, 4.69) is 47.3 Å². The summed E-state index contributed by atoms with van der Waals surface area (Å²) in [5.41, 5.74) is 3.98. The standard InChI is InChI=1S/C28H46O/c1-18(2)19(3)7-8-20(4)24-11-12-25-23-10-9-21-17-22(29)13-15-27(21,5)26(23)14-16-28(24,25)6/h9,18,20,22-26,29H,3,7-8,10-17H2,1-2,4-6H3/t20-,22+,23-,24+,25-,26+,27+,28-/m1/s1. The molecule has 164 valence electrons. The zero-order valence-electron chi connectivity index (χ0n) is 19.8. The third-order valence-electron chi connectivity index (χ3n) is 10.6. The third kappa shape index (κ3) is 3.58. The normalized spacial score (nSPS) is 45.2. The predicted octanol–water partition coefficient (Wildman–Crippen LogP) is 7.55. The second-order valence-electron chi connectivity index (χ2n) is 12.2. The van der Waals surface area contributed by atoms with Crippen molar-refractivity contribution in [1.82, 2.24) is 0 Å². The number of allylic oxidation sites excluding steroid dienone is 2. The Bertz CT molecular complexity index is 659. The van der Waals surface area contributed by atoms with E-state index in [-0.39, 0.29) is 6.10 Å². The lowest BCUT2D eigenvalue weighted by Crippen LogP contribution is -2.50. The summed E-state index contributed by atoms with van der Waals surface area (Å²) in [7, 11) is 0. The van der Waals surface area contributed by atoms with E-state index in [1.807, 2.05) is 0 Å². The molecule has 3 saturated carbocycles. The summed E-state index contributed by atoms with van der Waals surface area (Å²) in [4.78, 5) is 0. The summed E-state index contributed by atoms with van der Waals surface area (Å²) in [5.74, 6) is 5.03. The van der Waals surface area contributed by atoms with Gasteiger partial charge in [0.1, 0.15) is 0 Å². The maximum absolute atomic E-state index is 10.2. The van der Waals surface area contributed by atoms with Crippen LogP contribution in [0.5, 0.6) is 0 Å². The molecule has 0 aromatic heterocycles. The molecule has 0 unspecified atom stereocenters. The van der Waals surface area contributed by atoms with Gasteiger partial charge in [-0.05, 0) is 111 Å². The Balaban J connectivity index is 1.49. The van der Waals surface area contributed by atoms with Gasteiger partial charge in [-0.1, -0.05) is 58.4 Å². The maximum atomic E-state index is 10.2. The fourth-order valence-corrected chi connectivity index (χ4v) is 8.52. The lowest BCUT2D eigenvalue weighted by molar-refractivity contribution is -0.0571. The first-order chi connectivity index (χ1) is 13.7. The van der Waals surface area contributed by atoms with Crippen LogP contribution in [0.1, 0.15) is 98.8 Å². The smallest absolute Gasteiger partial charge is 0.0577 e. The molecule has 0 saturated heterocycles. The molecule has 1 N–H and O–H groups in total. The SMILES string of the molecule is C=C(CC[C@@H](C)[C@@H]1CC[C@@H]2[C@H]3CC=C4C[C@@H](O)CC[C@]4(C)[C@H]3CC[C@@]21C)C(C)C. The lowest BCUT2D eigenvalue weighted by atomic mass is 9.47. The van der Waals surface area contributed by atoms with Gasteiger partial charge in [0.2, 0.25) is 0 Å². The van der Waals surface area contributed by atoms with Gasteiger partial charge in [-0.3, -0.25) is 0 Å². The highest BCUT2D eigenvalue weighted by Gasteiger charge is 2.59. The van der Waals surface area contributed by atoms with Crippen LogP contribution in [0.15, 0.2) is 23.8 Å². The van der Waals surface area contributed by atoms with Crippen molar-refractivity contribution in [3.8, 4) is 0 Å². The van der Waals surface area contributed by atoms with Crippen molar-refractivity contribution >= 4 is 0 Å².